The molecule has 0 saturated heterocycles. The molecule has 0 aromatic carbocycles. The number of ether oxygens (including phenoxy) is 4. The van der Waals surface area contributed by atoms with Crippen LogP contribution in [-0.2, 0) is 65.4 Å². The van der Waals surface area contributed by atoms with Gasteiger partial charge in [0.25, 0.3) is 0 Å². The highest BCUT2D eigenvalue weighted by Gasteiger charge is 2.30. The van der Waals surface area contributed by atoms with Crippen LogP contribution in [0.3, 0.4) is 0 Å². The van der Waals surface area contributed by atoms with E-state index in [9.17, 15) is 43.2 Å². The summed E-state index contributed by atoms with van der Waals surface area (Å²) in [7, 11) is -9.88. The van der Waals surface area contributed by atoms with Crippen LogP contribution in [0.1, 0.15) is 299 Å². The number of esters is 4. The zero-order valence-electron chi connectivity index (χ0n) is 52.2. The summed E-state index contributed by atoms with van der Waals surface area (Å²) in [5, 5.41) is 10.5. The number of phosphoric ester groups is 2. The molecule has 3 unspecified atom stereocenters. The second-order valence-corrected chi connectivity index (χ2v) is 26.5. The monoisotopic (exact) mass is 1200 g/mol. The molecule has 0 aliphatic heterocycles. The third-order valence-corrected chi connectivity index (χ3v) is 16.4. The third-order valence-electron chi connectivity index (χ3n) is 14.5. The molecule has 3 N–H and O–H groups in total. The molecule has 0 radical (unpaired) electrons. The maximum atomic E-state index is 13.0. The van der Waals surface area contributed by atoms with Crippen molar-refractivity contribution in [1.82, 2.24) is 0 Å². The van der Waals surface area contributed by atoms with Crippen LogP contribution < -0.4 is 0 Å². The van der Waals surface area contributed by atoms with E-state index in [4.69, 9.17) is 37.0 Å². The van der Waals surface area contributed by atoms with Gasteiger partial charge in [0.1, 0.15) is 19.3 Å². The van der Waals surface area contributed by atoms with Crippen molar-refractivity contribution in [2.75, 3.05) is 39.6 Å². The van der Waals surface area contributed by atoms with Gasteiger partial charge in [-0.05, 0) is 43.4 Å². The molecule has 0 fully saturated rings. The van der Waals surface area contributed by atoms with Crippen LogP contribution in [-0.4, -0.2) is 96.7 Å². The predicted molar refractivity (Wildman–Crippen MR) is 321 cm³/mol. The van der Waals surface area contributed by atoms with Crippen molar-refractivity contribution in [3.63, 3.8) is 0 Å². The van der Waals surface area contributed by atoms with Crippen molar-refractivity contribution in [1.29, 1.82) is 0 Å². The van der Waals surface area contributed by atoms with Gasteiger partial charge in [-0.2, -0.15) is 0 Å². The highest BCUT2D eigenvalue weighted by Crippen LogP contribution is 2.45. The van der Waals surface area contributed by atoms with E-state index in [1.54, 1.807) is 0 Å². The van der Waals surface area contributed by atoms with Gasteiger partial charge in [-0.25, -0.2) is 9.13 Å². The summed E-state index contributed by atoms with van der Waals surface area (Å²) in [5.41, 5.74) is 0. The molecule has 0 spiro atoms. The van der Waals surface area contributed by atoms with E-state index in [-0.39, 0.29) is 25.7 Å². The van der Waals surface area contributed by atoms with Crippen LogP contribution >= 0.6 is 15.6 Å². The molecule has 0 heterocycles. The molecule has 0 amide bonds. The van der Waals surface area contributed by atoms with Gasteiger partial charge in [-0.1, -0.05) is 248 Å². The maximum Gasteiger partial charge on any atom is 0.472 e. The Morgan fingerprint density at radius 2 is 0.630 bits per heavy atom. The number of hydrogen-bond donors (Lipinski definition) is 3. The van der Waals surface area contributed by atoms with Crippen molar-refractivity contribution >= 4 is 39.5 Å². The lowest BCUT2D eigenvalue weighted by molar-refractivity contribution is -0.161. The number of rotatable bonds is 60. The van der Waals surface area contributed by atoms with E-state index in [2.05, 4.69) is 48.5 Å². The van der Waals surface area contributed by atoms with Crippen molar-refractivity contribution in [3.8, 4) is 0 Å². The van der Waals surface area contributed by atoms with Crippen LogP contribution in [0.2, 0.25) is 0 Å². The van der Waals surface area contributed by atoms with E-state index in [1.807, 2.05) is 0 Å². The fourth-order valence-electron chi connectivity index (χ4n) is 9.09. The summed E-state index contributed by atoms with van der Waals surface area (Å²) >= 11 is 0. The first-order valence-electron chi connectivity index (χ1n) is 32.4. The third kappa shape index (κ3) is 55.7. The number of phosphoric acid groups is 2. The average Bonchev–Trinajstić information content (AvgIpc) is 3.42. The molecule has 19 heteroatoms. The van der Waals surface area contributed by atoms with Gasteiger partial charge in [0.15, 0.2) is 12.2 Å². The van der Waals surface area contributed by atoms with Gasteiger partial charge in [-0.15, -0.1) is 0 Å². The summed E-state index contributed by atoms with van der Waals surface area (Å²) in [6.45, 7) is 11.7. The Morgan fingerprint density at radius 3 is 0.938 bits per heavy atom. The Bertz CT molecular complexity index is 1620. The SMILES string of the molecule is CCCCCCCCCC(=O)OC[C@H](COP(=O)(O)OC[C@H](O)COP(=O)(O)OC[C@@H](COC(=O)CCCCCCCCCCC(C)CC)OC(=O)CCCCCCCCCCCC(C)C)OC(=O)CCCCCCCCCC(C)C. The van der Waals surface area contributed by atoms with Gasteiger partial charge in [0.05, 0.1) is 26.4 Å². The second kappa shape index (κ2) is 53.5. The Hall–Kier alpha value is -1.94. The molecule has 0 rings (SSSR count). The van der Waals surface area contributed by atoms with E-state index in [0.717, 1.165) is 115 Å². The highest BCUT2D eigenvalue weighted by atomic mass is 31.2. The lowest BCUT2D eigenvalue weighted by Crippen LogP contribution is -2.30. The molecular formula is C62H120O17P2. The summed E-state index contributed by atoms with van der Waals surface area (Å²) in [4.78, 5) is 72.0. The molecule has 81 heavy (non-hydrogen) atoms. The lowest BCUT2D eigenvalue weighted by atomic mass is 9.99. The molecule has 6 atom stereocenters. The van der Waals surface area contributed by atoms with Crippen LogP contribution in [0.15, 0.2) is 0 Å². The maximum absolute atomic E-state index is 13.0. The summed E-state index contributed by atoms with van der Waals surface area (Å²) in [5.74, 6) is 0.0649. The van der Waals surface area contributed by atoms with E-state index in [1.165, 1.54) is 96.3 Å². The molecule has 0 aromatic heterocycles. The summed E-state index contributed by atoms with van der Waals surface area (Å²) in [6, 6.07) is 0. The largest absolute Gasteiger partial charge is 0.472 e. The summed E-state index contributed by atoms with van der Waals surface area (Å²) in [6.07, 6.45) is 33.6. The summed E-state index contributed by atoms with van der Waals surface area (Å²) < 4.78 is 67.8. The minimum absolute atomic E-state index is 0.102. The zero-order chi connectivity index (χ0) is 60.3. The molecule has 0 aromatic rings. The minimum Gasteiger partial charge on any atom is -0.462 e. The van der Waals surface area contributed by atoms with Crippen LogP contribution in [0.25, 0.3) is 0 Å². The molecule has 0 aliphatic carbocycles. The van der Waals surface area contributed by atoms with Gasteiger partial charge < -0.3 is 33.8 Å². The van der Waals surface area contributed by atoms with E-state index < -0.39 is 97.5 Å². The van der Waals surface area contributed by atoms with Gasteiger partial charge >= 0.3 is 39.5 Å². The van der Waals surface area contributed by atoms with Crippen molar-refractivity contribution in [2.24, 2.45) is 17.8 Å². The zero-order valence-corrected chi connectivity index (χ0v) is 54.0. The Kier molecular flexibility index (Phi) is 52.2. The highest BCUT2D eigenvalue weighted by molar-refractivity contribution is 7.47. The molecular weight excluding hydrogens is 1080 g/mol. The van der Waals surface area contributed by atoms with Crippen LogP contribution in [0, 0.1) is 17.8 Å². The topological polar surface area (TPSA) is 237 Å². The molecule has 0 aliphatic rings. The molecule has 480 valence electrons. The van der Waals surface area contributed by atoms with Gasteiger partial charge in [-0.3, -0.25) is 37.3 Å². The first kappa shape index (κ1) is 79.1. The predicted octanol–water partition coefficient (Wildman–Crippen LogP) is 16.7. The molecule has 0 saturated carbocycles. The molecule has 0 bridgehead atoms. The van der Waals surface area contributed by atoms with Crippen LogP contribution in [0.5, 0.6) is 0 Å². The quantitative estimate of drug-likeness (QED) is 0.0222. The van der Waals surface area contributed by atoms with Crippen molar-refractivity contribution < 1.29 is 80.2 Å². The van der Waals surface area contributed by atoms with Gasteiger partial charge in [0.2, 0.25) is 0 Å². The van der Waals surface area contributed by atoms with Crippen molar-refractivity contribution in [3.05, 3.63) is 0 Å². The normalized spacial score (nSPS) is 14.8. The number of carbonyl (C=O) groups is 4. The first-order chi connectivity index (χ1) is 38.8. The Labute approximate surface area is 492 Å². The average molecular weight is 1200 g/mol. The van der Waals surface area contributed by atoms with Crippen LogP contribution in [0.4, 0.5) is 0 Å². The number of unbranched alkanes of at least 4 members (excludes halogenated alkanes) is 27. The molecule has 17 nitrogen and oxygen atoms in total. The fourth-order valence-corrected chi connectivity index (χ4v) is 10.7. The van der Waals surface area contributed by atoms with E-state index in [0.29, 0.717) is 31.6 Å². The number of carbonyl (C=O) groups excluding carboxylic acids is 4. The minimum atomic E-state index is -4.94. The first-order valence-corrected chi connectivity index (χ1v) is 35.4. The fraction of sp³-hybridized carbons (Fsp3) is 0.935. The van der Waals surface area contributed by atoms with Gasteiger partial charge in [0, 0.05) is 25.7 Å². The Morgan fingerprint density at radius 1 is 0.358 bits per heavy atom. The number of aliphatic hydroxyl groups excluding tert-OH is 1. The number of aliphatic hydroxyl groups is 1. The Balaban J connectivity index is 5.23. The number of hydrogen-bond acceptors (Lipinski definition) is 15. The van der Waals surface area contributed by atoms with Crippen molar-refractivity contribution in [2.45, 2.75) is 317 Å². The lowest BCUT2D eigenvalue weighted by Gasteiger charge is -2.21. The smallest absolute Gasteiger partial charge is 0.462 e. The van der Waals surface area contributed by atoms with E-state index >= 15 is 0 Å². The second-order valence-electron chi connectivity index (χ2n) is 23.6. The standard InChI is InChI=1S/C62H120O17P2/c1-8-10-11-12-19-29-36-43-59(64)72-49-57(79-62(67)46-39-32-25-18-21-27-34-41-54(5)6)51-76-80(68,69)74-47-56(63)48-75-81(70,71)77-52-58(78-61(66)45-38-31-24-15-13-14-20-26-33-40-53(3)4)50-73-60(65)44-37-30-23-17-16-22-28-35-42-55(7)9-2/h53-58,63H,8-52H2,1-7H3,(H,68,69)(H,70,71)/t55?,56-,57+,58+/m0/s1.